The van der Waals surface area contributed by atoms with Gasteiger partial charge in [0.1, 0.15) is 23.3 Å². The Kier molecular flexibility index (Phi) is 10.2. The average Bonchev–Trinajstić information content (AvgIpc) is 2.93. The van der Waals surface area contributed by atoms with E-state index in [4.69, 9.17) is 14.2 Å². The maximum Gasteiger partial charge on any atom is 0.261 e. The molecule has 36 heavy (non-hydrogen) atoms. The van der Waals surface area contributed by atoms with Crippen molar-refractivity contribution in [3.8, 4) is 17.2 Å². The molecule has 7 heteroatoms. The minimum atomic E-state index is -0.699. The number of methoxy groups -OCH3 is 2. The molecule has 0 saturated carbocycles. The fraction of sp³-hybridized carbons (Fsp3) is 0.310. The first-order chi connectivity index (χ1) is 17.5. The molecule has 0 fully saturated rings. The highest BCUT2D eigenvalue weighted by atomic mass is 16.5. The first-order valence-electron chi connectivity index (χ1n) is 12.0. The monoisotopic (exact) mass is 490 g/mol. The molecular weight excluding hydrogens is 456 g/mol. The van der Waals surface area contributed by atoms with Gasteiger partial charge in [0.15, 0.2) is 6.61 Å². The van der Waals surface area contributed by atoms with E-state index in [2.05, 4.69) is 5.32 Å². The molecule has 0 saturated heterocycles. The Bertz CT molecular complexity index is 1080. The van der Waals surface area contributed by atoms with Gasteiger partial charge >= 0.3 is 0 Å². The van der Waals surface area contributed by atoms with Crippen molar-refractivity contribution in [2.75, 3.05) is 27.4 Å². The van der Waals surface area contributed by atoms with Gasteiger partial charge in [-0.05, 0) is 17.5 Å². The summed E-state index contributed by atoms with van der Waals surface area (Å²) >= 11 is 0. The average molecular weight is 491 g/mol. The van der Waals surface area contributed by atoms with E-state index in [1.54, 1.807) is 37.3 Å². The molecule has 2 amide bonds. The third-order valence-corrected chi connectivity index (χ3v) is 5.70. The van der Waals surface area contributed by atoms with Crippen molar-refractivity contribution in [3.05, 3.63) is 90.0 Å². The summed E-state index contributed by atoms with van der Waals surface area (Å²) in [5.74, 6) is 1.06. The number of benzene rings is 3. The molecule has 1 N–H and O–H groups in total. The fourth-order valence-electron chi connectivity index (χ4n) is 3.79. The van der Waals surface area contributed by atoms with E-state index in [1.807, 2.05) is 67.6 Å². The van der Waals surface area contributed by atoms with Crippen molar-refractivity contribution in [3.63, 3.8) is 0 Å². The van der Waals surface area contributed by atoms with Gasteiger partial charge in [0.05, 0.1) is 14.2 Å². The minimum Gasteiger partial charge on any atom is -0.496 e. The topological polar surface area (TPSA) is 77.1 Å². The maximum absolute atomic E-state index is 13.6. The third-order valence-electron chi connectivity index (χ3n) is 5.70. The Hall–Kier alpha value is -4.00. The SMILES string of the molecule is CCCNC(=O)[C@H](Cc1ccccc1)N(Cc1ccccc1)C(=O)COc1cc(OC)cc(OC)c1. The molecule has 0 aliphatic carbocycles. The van der Waals surface area contributed by atoms with Crippen LogP contribution in [0.2, 0.25) is 0 Å². The zero-order valence-electron chi connectivity index (χ0n) is 21.1. The standard InChI is InChI=1S/C29H34N2O5/c1-4-15-30-29(33)27(16-22-11-7-5-8-12-22)31(20-23-13-9-6-10-14-23)28(32)21-36-26-18-24(34-2)17-25(19-26)35-3/h5-14,17-19,27H,4,15-16,20-21H2,1-3H3,(H,30,33)/t27-/m0/s1. The van der Waals surface area contributed by atoms with Gasteiger partial charge in [-0.3, -0.25) is 9.59 Å². The van der Waals surface area contributed by atoms with E-state index in [1.165, 1.54) is 0 Å². The van der Waals surface area contributed by atoms with Gasteiger partial charge in [0.25, 0.3) is 5.91 Å². The van der Waals surface area contributed by atoms with Gasteiger partial charge in [0, 0.05) is 37.7 Å². The van der Waals surface area contributed by atoms with E-state index in [9.17, 15) is 9.59 Å². The van der Waals surface area contributed by atoms with E-state index >= 15 is 0 Å². The summed E-state index contributed by atoms with van der Waals surface area (Å²) in [6, 6.07) is 23.8. The van der Waals surface area contributed by atoms with Crippen molar-refractivity contribution < 1.29 is 23.8 Å². The van der Waals surface area contributed by atoms with Crippen LogP contribution in [0.25, 0.3) is 0 Å². The number of carbonyl (C=O) groups excluding carboxylic acids is 2. The van der Waals surface area contributed by atoms with E-state index in [0.29, 0.717) is 30.2 Å². The minimum absolute atomic E-state index is 0.187. The molecule has 190 valence electrons. The molecule has 1 atom stereocenters. The van der Waals surface area contributed by atoms with Crippen LogP contribution in [-0.2, 0) is 22.6 Å². The van der Waals surface area contributed by atoms with Crippen LogP contribution in [-0.4, -0.2) is 50.1 Å². The first kappa shape index (κ1) is 26.6. The number of carbonyl (C=O) groups is 2. The van der Waals surface area contributed by atoms with Gasteiger partial charge in [-0.1, -0.05) is 67.6 Å². The molecule has 7 nitrogen and oxygen atoms in total. The third kappa shape index (κ3) is 7.77. The molecule has 0 bridgehead atoms. The zero-order valence-corrected chi connectivity index (χ0v) is 21.1. The molecular formula is C29H34N2O5. The second kappa shape index (κ2) is 13.8. The number of rotatable bonds is 13. The number of nitrogens with zero attached hydrogens (tertiary/aromatic N) is 1. The zero-order chi connectivity index (χ0) is 25.8. The summed E-state index contributed by atoms with van der Waals surface area (Å²) in [7, 11) is 3.10. The van der Waals surface area contributed by atoms with Gasteiger partial charge in [-0.25, -0.2) is 0 Å². The van der Waals surface area contributed by atoms with Crippen molar-refractivity contribution in [2.24, 2.45) is 0 Å². The van der Waals surface area contributed by atoms with Gasteiger partial charge < -0.3 is 24.4 Å². The van der Waals surface area contributed by atoms with Crippen molar-refractivity contribution in [1.29, 1.82) is 0 Å². The highest BCUT2D eigenvalue weighted by Crippen LogP contribution is 2.27. The summed E-state index contributed by atoms with van der Waals surface area (Å²) in [5, 5.41) is 2.97. The number of nitrogens with one attached hydrogen (secondary N) is 1. The van der Waals surface area contributed by atoms with Crippen molar-refractivity contribution in [2.45, 2.75) is 32.4 Å². The molecule has 0 aliphatic rings. The number of amides is 2. The van der Waals surface area contributed by atoms with Crippen LogP contribution >= 0.6 is 0 Å². The summed E-state index contributed by atoms with van der Waals surface area (Å²) in [6.07, 6.45) is 1.19. The van der Waals surface area contributed by atoms with E-state index in [-0.39, 0.29) is 25.0 Å². The Morgan fingerprint density at radius 3 is 1.94 bits per heavy atom. The van der Waals surface area contributed by atoms with Crippen LogP contribution in [0, 0.1) is 0 Å². The largest absolute Gasteiger partial charge is 0.496 e. The van der Waals surface area contributed by atoms with Crippen LogP contribution in [0.4, 0.5) is 0 Å². The molecule has 0 aliphatic heterocycles. The summed E-state index contributed by atoms with van der Waals surface area (Å²) in [5.41, 5.74) is 1.90. The number of hydrogen-bond acceptors (Lipinski definition) is 5. The van der Waals surface area contributed by atoms with Crippen LogP contribution < -0.4 is 19.5 Å². The molecule has 3 aromatic carbocycles. The molecule has 0 spiro atoms. The summed E-state index contributed by atoms with van der Waals surface area (Å²) in [6.45, 7) is 2.57. The lowest BCUT2D eigenvalue weighted by Gasteiger charge is -2.31. The normalized spacial score (nSPS) is 11.3. The molecule has 0 heterocycles. The quantitative estimate of drug-likeness (QED) is 0.388. The highest BCUT2D eigenvalue weighted by molar-refractivity contribution is 5.88. The molecule has 0 unspecified atom stereocenters. The van der Waals surface area contributed by atoms with E-state index < -0.39 is 6.04 Å². The lowest BCUT2D eigenvalue weighted by atomic mass is 10.0. The molecule has 0 aromatic heterocycles. The maximum atomic E-state index is 13.6. The van der Waals surface area contributed by atoms with Crippen molar-refractivity contribution >= 4 is 11.8 Å². The lowest BCUT2D eigenvalue weighted by molar-refractivity contribution is -0.142. The second-order valence-corrected chi connectivity index (χ2v) is 8.34. The highest BCUT2D eigenvalue weighted by Gasteiger charge is 2.30. The predicted octanol–water partition coefficient (Wildman–Crippen LogP) is 4.25. The fourth-order valence-corrected chi connectivity index (χ4v) is 3.79. The van der Waals surface area contributed by atoms with Gasteiger partial charge in [0.2, 0.25) is 5.91 Å². The Balaban J connectivity index is 1.88. The Labute approximate surface area is 213 Å². The van der Waals surface area contributed by atoms with Gasteiger partial charge in [-0.15, -0.1) is 0 Å². The second-order valence-electron chi connectivity index (χ2n) is 8.34. The Morgan fingerprint density at radius 1 is 0.833 bits per heavy atom. The summed E-state index contributed by atoms with van der Waals surface area (Å²) < 4.78 is 16.4. The van der Waals surface area contributed by atoms with Crippen molar-refractivity contribution in [1.82, 2.24) is 10.2 Å². The number of ether oxygens (including phenoxy) is 3. The van der Waals surface area contributed by atoms with E-state index in [0.717, 1.165) is 17.5 Å². The first-order valence-corrected chi connectivity index (χ1v) is 12.0. The molecule has 3 aromatic rings. The van der Waals surface area contributed by atoms with Gasteiger partial charge in [-0.2, -0.15) is 0 Å². The lowest BCUT2D eigenvalue weighted by Crippen LogP contribution is -2.51. The summed E-state index contributed by atoms with van der Waals surface area (Å²) in [4.78, 5) is 28.5. The smallest absolute Gasteiger partial charge is 0.261 e. The van der Waals surface area contributed by atoms with Crippen LogP contribution in [0.3, 0.4) is 0 Å². The molecule has 3 rings (SSSR count). The Morgan fingerprint density at radius 2 is 1.39 bits per heavy atom. The van der Waals surface area contributed by atoms with Crippen LogP contribution in [0.15, 0.2) is 78.9 Å². The molecule has 0 radical (unpaired) electrons. The predicted molar refractivity (Wildman–Crippen MR) is 139 cm³/mol. The van der Waals surface area contributed by atoms with Crippen LogP contribution in [0.1, 0.15) is 24.5 Å². The number of hydrogen-bond donors (Lipinski definition) is 1. The van der Waals surface area contributed by atoms with Crippen LogP contribution in [0.5, 0.6) is 17.2 Å².